The maximum atomic E-state index is 8.74. The summed E-state index contributed by atoms with van der Waals surface area (Å²) < 4.78 is 1.42. The molecular formula is C11H17N9O. The molecule has 1 atom stereocenters. The van der Waals surface area contributed by atoms with Crippen LogP contribution in [0, 0.1) is 0 Å². The molecule has 3 rings (SSSR count). The molecule has 1 saturated heterocycles. The Morgan fingerprint density at radius 2 is 2.10 bits per heavy atom. The molecule has 3 N–H and O–H groups in total. The van der Waals surface area contributed by atoms with Gasteiger partial charge in [0.15, 0.2) is 17.3 Å². The van der Waals surface area contributed by atoms with Crippen LogP contribution < -0.4 is 10.6 Å². The van der Waals surface area contributed by atoms with Gasteiger partial charge in [0.2, 0.25) is 0 Å². The van der Waals surface area contributed by atoms with Crippen LogP contribution in [0.3, 0.4) is 0 Å². The first kappa shape index (κ1) is 13.5. The lowest BCUT2D eigenvalue weighted by Crippen LogP contribution is -2.53. The van der Waals surface area contributed by atoms with Gasteiger partial charge in [-0.3, -0.25) is 4.90 Å². The molecule has 112 valence electrons. The number of aromatic nitrogens is 5. The molecule has 0 amide bonds. The Morgan fingerprint density at radius 1 is 1.33 bits per heavy atom. The minimum atomic E-state index is -0.0768. The minimum absolute atomic E-state index is 0.0768. The van der Waals surface area contributed by atoms with Crippen LogP contribution in [-0.4, -0.2) is 73.4 Å². The first-order chi connectivity index (χ1) is 10.2. The van der Waals surface area contributed by atoms with Gasteiger partial charge in [0.05, 0.1) is 6.04 Å². The lowest BCUT2D eigenvalue weighted by molar-refractivity contribution is 0.229. The van der Waals surface area contributed by atoms with E-state index in [0.717, 1.165) is 32.0 Å². The van der Waals surface area contributed by atoms with Crippen molar-refractivity contribution in [1.29, 1.82) is 0 Å². The predicted molar refractivity (Wildman–Crippen MR) is 75.2 cm³/mol. The molecule has 1 aliphatic heterocycles. The predicted octanol–water partition coefficient (Wildman–Crippen LogP) is -1.22. The summed E-state index contributed by atoms with van der Waals surface area (Å²) in [5, 5.41) is 27.4. The maximum Gasteiger partial charge on any atom is 0.200 e. The molecule has 0 aliphatic carbocycles. The van der Waals surface area contributed by atoms with Crippen LogP contribution in [-0.2, 0) is 0 Å². The number of rotatable bonds is 3. The second-order valence-electron chi connectivity index (χ2n) is 4.94. The molecule has 0 aromatic carbocycles. The number of oxime groups is 1. The van der Waals surface area contributed by atoms with E-state index in [1.807, 2.05) is 19.1 Å². The fraction of sp³-hybridized carbons (Fsp3) is 0.545. The molecule has 0 radical (unpaired) electrons. The number of tetrazole rings is 1. The van der Waals surface area contributed by atoms with E-state index in [-0.39, 0.29) is 11.9 Å². The average Bonchev–Trinajstić information content (AvgIpc) is 3.01. The maximum absolute atomic E-state index is 8.74. The zero-order valence-corrected chi connectivity index (χ0v) is 11.7. The minimum Gasteiger partial charge on any atom is -0.409 e. The van der Waals surface area contributed by atoms with Crippen molar-refractivity contribution < 1.29 is 5.21 Å². The molecule has 1 unspecified atom stereocenters. The Morgan fingerprint density at radius 3 is 2.81 bits per heavy atom. The standard InChI is InChI=1S/C11H17N9O/c1-8(11(12)15-21)18-4-6-19(7-5-18)10-3-2-9-13-16-17-20(9)14-10/h2-3,8,21H,4-7H2,1H3,(H2,12,15). The quantitative estimate of drug-likeness (QED) is 0.312. The Hall–Kier alpha value is -2.49. The summed E-state index contributed by atoms with van der Waals surface area (Å²) in [5.41, 5.74) is 6.27. The highest BCUT2D eigenvalue weighted by molar-refractivity contribution is 5.84. The van der Waals surface area contributed by atoms with Crippen LogP contribution in [0.15, 0.2) is 17.3 Å². The van der Waals surface area contributed by atoms with Crippen LogP contribution in [0.4, 0.5) is 5.82 Å². The SMILES string of the molecule is CC(/C(N)=N/O)N1CCN(c2ccc3nnnn3n2)CC1. The van der Waals surface area contributed by atoms with E-state index in [1.54, 1.807) is 0 Å². The second kappa shape index (κ2) is 5.48. The van der Waals surface area contributed by atoms with Crippen molar-refractivity contribution in [2.24, 2.45) is 10.9 Å². The molecule has 3 heterocycles. The molecule has 0 bridgehead atoms. The third-order valence-corrected chi connectivity index (χ3v) is 3.78. The summed E-state index contributed by atoms with van der Waals surface area (Å²) in [7, 11) is 0. The van der Waals surface area contributed by atoms with E-state index in [4.69, 9.17) is 10.9 Å². The van der Waals surface area contributed by atoms with Crippen LogP contribution in [0.25, 0.3) is 5.65 Å². The smallest absolute Gasteiger partial charge is 0.200 e. The molecule has 10 nitrogen and oxygen atoms in total. The summed E-state index contributed by atoms with van der Waals surface area (Å²) >= 11 is 0. The van der Waals surface area contributed by atoms with Gasteiger partial charge in [-0.15, -0.1) is 14.8 Å². The van der Waals surface area contributed by atoms with Crippen molar-refractivity contribution in [3.63, 3.8) is 0 Å². The van der Waals surface area contributed by atoms with Gasteiger partial charge in [0.1, 0.15) is 0 Å². The van der Waals surface area contributed by atoms with Crippen molar-refractivity contribution in [1.82, 2.24) is 30.2 Å². The summed E-state index contributed by atoms with van der Waals surface area (Å²) in [4.78, 5) is 4.33. The second-order valence-corrected chi connectivity index (χ2v) is 4.94. The molecule has 2 aromatic rings. The number of amidine groups is 1. The molecular weight excluding hydrogens is 274 g/mol. The van der Waals surface area contributed by atoms with Crippen LogP contribution in [0.1, 0.15) is 6.92 Å². The Kier molecular flexibility index (Phi) is 3.52. The number of hydrogen-bond donors (Lipinski definition) is 2. The number of nitrogens with two attached hydrogens (primary N) is 1. The number of fused-ring (bicyclic) bond motifs is 1. The van der Waals surface area contributed by atoms with Crippen molar-refractivity contribution in [3.05, 3.63) is 12.1 Å². The molecule has 2 aromatic heterocycles. The van der Waals surface area contributed by atoms with Gasteiger partial charge in [-0.25, -0.2) is 0 Å². The fourth-order valence-electron chi connectivity index (χ4n) is 2.42. The summed E-state index contributed by atoms with van der Waals surface area (Å²) in [6.07, 6.45) is 0. The van der Waals surface area contributed by atoms with E-state index < -0.39 is 0 Å². The summed E-state index contributed by atoms with van der Waals surface area (Å²) in [6, 6.07) is 3.68. The zero-order valence-electron chi connectivity index (χ0n) is 11.7. The third-order valence-electron chi connectivity index (χ3n) is 3.78. The fourth-order valence-corrected chi connectivity index (χ4v) is 2.42. The van der Waals surface area contributed by atoms with E-state index in [0.29, 0.717) is 5.65 Å². The van der Waals surface area contributed by atoms with Gasteiger partial charge in [-0.2, -0.15) is 0 Å². The van der Waals surface area contributed by atoms with Crippen molar-refractivity contribution in [2.45, 2.75) is 13.0 Å². The van der Waals surface area contributed by atoms with Crippen LogP contribution in [0.5, 0.6) is 0 Å². The van der Waals surface area contributed by atoms with E-state index in [9.17, 15) is 0 Å². The number of anilines is 1. The topological polar surface area (TPSA) is 121 Å². The van der Waals surface area contributed by atoms with Crippen LogP contribution in [0.2, 0.25) is 0 Å². The van der Waals surface area contributed by atoms with Gasteiger partial charge in [-0.1, -0.05) is 5.16 Å². The first-order valence-electron chi connectivity index (χ1n) is 6.71. The lowest BCUT2D eigenvalue weighted by atomic mass is 10.2. The highest BCUT2D eigenvalue weighted by Gasteiger charge is 2.24. The van der Waals surface area contributed by atoms with Crippen LogP contribution >= 0.6 is 0 Å². The van der Waals surface area contributed by atoms with Gasteiger partial charge in [-0.05, 0) is 29.5 Å². The summed E-state index contributed by atoms with van der Waals surface area (Å²) in [6.45, 7) is 5.17. The first-order valence-corrected chi connectivity index (χ1v) is 6.71. The van der Waals surface area contributed by atoms with Gasteiger partial charge in [0, 0.05) is 26.2 Å². The number of hydrogen-bond acceptors (Lipinski definition) is 8. The van der Waals surface area contributed by atoms with Crippen molar-refractivity contribution in [2.75, 3.05) is 31.1 Å². The zero-order chi connectivity index (χ0) is 14.8. The number of nitrogens with zero attached hydrogens (tertiary/aromatic N) is 8. The van der Waals surface area contributed by atoms with Crippen molar-refractivity contribution in [3.8, 4) is 0 Å². The molecule has 0 spiro atoms. The molecule has 10 heteroatoms. The van der Waals surface area contributed by atoms with Gasteiger partial charge in [0.25, 0.3) is 0 Å². The Balaban J connectivity index is 1.67. The molecule has 0 saturated carbocycles. The van der Waals surface area contributed by atoms with Crippen molar-refractivity contribution >= 4 is 17.3 Å². The summed E-state index contributed by atoms with van der Waals surface area (Å²) in [5.74, 6) is 1.07. The lowest BCUT2D eigenvalue weighted by Gasteiger charge is -2.37. The number of piperazine rings is 1. The third kappa shape index (κ3) is 2.57. The Labute approximate surface area is 120 Å². The van der Waals surface area contributed by atoms with Gasteiger partial charge >= 0.3 is 0 Å². The van der Waals surface area contributed by atoms with E-state index in [2.05, 4.69) is 35.6 Å². The van der Waals surface area contributed by atoms with E-state index in [1.165, 1.54) is 4.63 Å². The molecule has 1 fully saturated rings. The molecule has 1 aliphatic rings. The normalized spacial score (nSPS) is 19.1. The highest BCUT2D eigenvalue weighted by atomic mass is 16.4. The largest absolute Gasteiger partial charge is 0.409 e. The average molecular weight is 291 g/mol. The monoisotopic (exact) mass is 291 g/mol. The van der Waals surface area contributed by atoms with Gasteiger partial charge < -0.3 is 15.8 Å². The van der Waals surface area contributed by atoms with E-state index >= 15 is 0 Å². The Bertz CT molecular complexity index is 646. The highest BCUT2D eigenvalue weighted by Crippen LogP contribution is 2.14. The molecule has 21 heavy (non-hydrogen) atoms.